The Hall–Kier alpha value is -1.06. The third kappa shape index (κ3) is 2.63. The molecule has 1 unspecified atom stereocenters. The Morgan fingerprint density at radius 1 is 1.16 bits per heavy atom. The molecule has 1 saturated carbocycles. The average Bonchev–Trinajstić information content (AvgIpc) is 2.51. The van der Waals surface area contributed by atoms with Crippen molar-refractivity contribution in [3.8, 4) is 0 Å². The fourth-order valence-corrected chi connectivity index (χ4v) is 3.34. The van der Waals surface area contributed by atoms with Crippen molar-refractivity contribution in [2.24, 2.45) is 17.3 Å². The Balaban J connectivity index is 2.02. The lowest BCUT2D eigenvalue weighted by Gasteiger charge is -2.39. The lowest BCUT2D eigenvalue weighted by atomic mass is 9.67. The van der Waals surface area contributed by atoms with Gasteiger partial charge in [-0.15, -0.1) is 0 Å². The van der Waals surface area contributed by atoms with E-state index in [2.05, 4.69) is 13.8 Å². The molecule has 2 fully saturated rings. The lowest BCUT2D eigenvalue weighted by molar-refractivity contribution is -0.167. The Morgan fingerprint density at radius 3 is 2.32 bits per heavy atom. The number of carbonyl (C=O) groups is 2. The number of aliphatic carboxylic acids is 1. The zero-order chi connectivity index (χ0) is 14.0. The summed E-state index contributed by atoms with van der Waals surface area (Å²) < 4.78 is 0. The smallest absolute Gasteiger partial charge is 0.319 e. The second kappa shape index (κ2) is 5.51. The summed E-state index contributed by atoms with van der Waals surface area (Å²) in [6.45, 7) is 5.92. The van der Waals surface area contributed by atoms with E-state index in [0.29, 0.717) is 24.7 Å². The molecule has 19 heavy (non-hydrogen) atoms. The van der Waals surface area contributed by atoms with Gasteiger partial charge in [0.15, 0.2) is 0 Å². The summed E-state index contributed by atoms with van der Waals surface area (Å²) in [5.74, 6) is 0.260. The predicted octanol–water partition coefficient (Wildman–Crippen LogP) is 2.53. The van der Waals surface area contributed by atoms with Crippen LogP contribution in [0.3, 0.4) is 0 Å². The lowest BCUT2D eigenvalue weighted by Crippen LogP contribution is -2.52. The van der Waals surface area contributed by atoms with E-state index >= 15 is 0 Å². The quantitative estimate of drug-likeness (QED) is 0.799. The van der Waals surface area contributed by atoms with Crippen LogP contribution in [0.2, 0.25) is 0 Å². The maximum atomic E-state index is 12.5. The van der Waals surface area contributed by atoms with Gasteiger partial charge in [0.05, 0.1) is 0 Å². The van der Waals surface area contributed by atoms with Crippen LogP contribution < -0.4 is 0 Å². The van der Waals surface area contributed by atoms with E-state index in [9.17, 15) is 14.7 Å². The third-order valence-corrected chi connectivity index (χ3v) is 5.03. The maximum absolute atomic E-state index is 12.5. The second-order valence-corrected chi connectivity index (χ2v) is 6.47. The molecule has 1 heterocycles. The second-order valence-electron chi connectivity index (χ2n) is 6.47. The minimum Gasteiger partial charge on any atom is -0.480 e. The van der Waals surface area contributed by atoms with E-state index in [4.69, 9.17) is 0 Å². The van der Waals surface area contributed by atoms with Gasteiger partial charge in [-0.1, -0.05) is 20.3 Å². The highest BCUT2D eigenvalue weighted by Gasteiger charge is 2.52. The van der Waals surface area contributed by atoms with E-state index in [1.165, 1.54) is 0 Å². The van der Waals surface area contributed by atoms with Gasteiger partial charge < -0.3 is 10.0 Å². The normalized spacial score (nSPS) is 26.7. The molecule has 4 nitrogen and oxygen atoms in total. The predicted molar refractivity (Wildman–Crippen MR) is 72.7 cm³/mol. The van der Waals surface area contributed by atoms with Gasteiger partial charge in [-0.3, -0.25) is 9.59 Å². The molecule has 2 rings (SSSR count). The molecule has 0 radical (unpaired) electrons. The van der Waals surface area contributed by atoms with Crippen LogP contribution in [0.5, 0.6) is 0 Å². The van der Waals surface area contributed by atoms with Crippen molar-refractivity contribution in [2.45, 2.75) is 52.4 Å². The molecule has 4 heteroatoms. The van der Waals surface area contributed by atoms with Crippen molar-refractivity contribution < 1.29 is 14.7 Å². The molecule has 0 aromatic heterocycles. The highest BCUT2D eigenvalue weighted by molar-refractivity contribution is 6.02. The average molecular weight is 267 g/mol. The molecular weight excluding hydrogens is 242 g/mol. The maximum Gasteiger partial charge on any atom is 0.319 e. The highest BCUT2D eigenvalue weighted by atomic mass is 16.4. The van der Waals surface area contributed by atoms with Crippen molar-refractivity contribution in [3.05, 3.63) is 0 Å². The van der Waals surface area contributed by atoms with E-state index in [1.807, 2.05) is 4.90 Å². The minimum atomic E-state index is -1.09. The number of nitrogens with zero attached hydrogens (tertiary/aromatic N) is 1. The van der Waals surface area contributed by atoms with Crippen molar-refractivity contribution in [2.75, 3.05) is 13.1 Å². The monoisotopic (exact) mass is 267 g/mol. The van der Waals surface area contributed by atoms with Crippen LogP contribution in [-0.4, -0.2) is 35.0 Å². The van der Waals surface area contributed by atoms with E-state index < -0.39 is 11.4 Å². The van der Waals surface area contributed by atoms with Crippen LogP contribution in [0, 0.1) is 17.3 Å². The zero-order valence-electron chi connectivity index (χ0n) is 12.0. The number of carboxylic acids is 1. The van der Waals surface area contributed by atoms with Gasteiger partial charge >= 0.3 is 5.97 Å². The van der Waals surface area contributed by atoms with Gasteiger partial charge in [0.1, 0.15) is 5.41 Å². The molecule has 1 N–H and O–H groups in total. The van der Waals surface area contributed by atoms with Crippen molar-refractivity contribution in [1.82, 2.24) is 4.90 Å². The molecule has 108 valence electrons. The van der Waals surface area contributed by atoms with E-state index in [-0.39, 0.29) is 5.91 Å². The highest BCUT2D eigenvalue weighted by Crippen LogP contribution is 2.43. The van der Waals surface area contributed by atoms with Gasteiger partial charge in [0, 0.05) is 13.1 Å². The number of carboxylic acid groups (broad SMARTS) is 1. The number of rotatable bonds is 3. The van der Waals surface area contributed by atoms with Crippen LogP contribution in [0.25, 0.3) is 0 Å². The molecule has 1 amide bonds. The number of hydrogen-bond donors (Lipinski definition) is 1. The van der Waals surface area contributed by atoms with Gasteiger partial charge in [-0.2, -0.15) is 0 Å². The summed E-state index contributed by atoms with van der Waals surface area (Å²) in [7, 11) is 0. The van der Waals surface area contributed by atoms with Crippen LogP contribution in [0.4, 0.5) is 0 Å². The van der Waals surface area contributed by atoms with Gasteiger partial charge in [-0.25, -0.2) is 0 Å². The Kier molecular flexibility index (Phi) is 4.16. The fourth-order valence-electron chi connectivity index (χ4n) is 3.34. The van der Waals surface area contributed by atoms with Gasteiger partial charge in [-0.05, 0) is 43.9 Å². The SMILES string of the molecule is CC(C)C1CCCN(C(=O)C2(C(=O)O)CCC2)CC1. The molecule has 0 bridgehead atoms. The topological polar surface area (TPSA) is 57.6 Å². The summed E-state index contributed by atoms with van der Waals surface area (Å²) in [5.41, 5.74) is -1.09. The van der Waals surface area contributed by atoms with Gasteiger partial charge in [0.25, 0.3) is 0 Å². The van der Waals surface area contributed by atoms with Crippen molar-refractivity contribution in [1.29, 1.82) is 0 Å². The number of amides is 1. The standard InChI is InChI=1S/C15H25NO3/c1-11(2)12-5-3-9-16(10-6-12)13(17)15(14(18)19)7-4-8-15/h11-12H,3-10H2,1-2H3,(H,18,19). The Bertz CT molecular complexity index is 360. The molecule has 1 atom stereocenters. The first-order valence-electron chi connectivity index (χ1n) is 7.50. The fraction of sp³-hybridized carbons (Fsp3) is 0.867. The molecule has 1 saturated heterocycles. The van der Waals surface area contributed by atoms with Crippen LogP contribution in [0.15, 0.2) is 0 Å². The van der Waals surface area contributed by atoms with Gasteiger partial charge in [0.2, 0.25) is 5.91 Å². The number of carbonyl (C=O) groups excluding carboxylic acids is 1. The molecule has 2 aliphatic rings. The molecule has 0 aromatic rings. The third-order valence-electron chi connectivity index (χ3n) is 5.03. The molecular formula is C15H25NO3. The first kappa shape index (κ1) is 14.4. The van der Waals surface area contributed by atoms with Crippen molar-refractivity contribution >= 4 is 11.9 Å². The first-order chi connectivity index (χ1) is 8.97. The largest absolute Gasteiger partial charge is 0.480 e. The molecule has 0 aromatic carbocycles. The number of hydrogen-bond acceptors (Lipinski definition) is 2. The first-order valence-corrected chi connectivity index (χ1v) is 7.50. The zero-order valence-corrected chi connectivity index (χ0v) is 12.0. The summed E-state index contributed by atoms with van der Waals surface area (Å²) in [5, 5.41) is 9.35. The summed E-state index contributed by atoms with van der Waals surface area (Å²) in [6.07, 6.45) is 5.07. The molecule has 1 aliphatic carbocycles. The Labute approximate surface area is 115 Å². The minimum absolute atomic E-state index is 0.129. The van der Waals surface area contributed by atoms with E-state index in [0.717, 1.165) is 38.8 Å². The Morgan fingerprint density at radius 2 is 1.84 bits per heavy atom. The van der Waals surface area contributed by atoms with Crippen LogP contribution in [-0.2, 0) is 9.59 Å². The summed E-state index contributed by atoms with van der Waals surface area (Å²) in [6, 6.07) is 0. The summed E-state index contributed by atoms with van der Waals surface area (Å²) in [4.78, 5) is 25.7. The summed E-state index contributed by atoms with van der Waals surface area (Å²) >= 11 is 0. The number of likely N-dealkylation sites (tertiary alicyclic amines) is 1. The molecule has 1 aliphatic heterocycles. The van der Waals surface area contributed by atoms with Crippen LogP contribution >= 0.6 is 0 Å². The molecule has 0 spiro atoms. The van der Waals surface area contributed by atoms with Crippen molar-refractivity contribution in [3.63, 3.8) is 0 Å². The van der Waals surface area contributed by atoms with Crippen LogP contribution in [0.1, 0.15) is 52.4 Å². The van der Waals surface area contributed by atoms with E-state index in [1.54, 1.807) is 0 Å².